The Morgan fingerprint density at radius 1 is 1.33 bits per heavy atom. The maximum absolute atomic E-state index is 11.9. The number of fused-ring (bicyclic) bond motifs is 1. The predicted octanol–water partition coefficient (Wildman–Crippen LogP) is 4.72. The maximum Gasteiger partial charge on any atom is 0.306 e. The smallest absolute Gasteiger partial charge is 0.306 e. The average molecular weight is 459 g/mol. The Morgan fingerprint density at radius 3 is 2.79 bits per heavy atom. The molecule has 1 saturated heterocycles. The van der Waals surface area contributed by atoms with Crippen LogP contribution in [0.5, 0.6) is 0 Å². The summed E-state index contributed by atoms with van der Waals surface area (Å²) in [5.74, 6) is -0.491. The quantitative estimate of drug-likeness (QED) is 0.223. The van der Waals surface area contributed by atoms with Gasteiger partial charge in [-0.15, -0.1) is 0 Å². The zero-order chi connectivity index (χ0) is 24.1. The van der Waals surface area contributed by atoms with E-state index in [1.165, 1.54) is 5.57 Å². The van der Waals surface area contributed by atoms with E-state index in [0.29, 0.717) is 18.8 Å². The van der Waals surface area contributed by atoms with Gasteiger partial charge in [-0.25, -0.2) is 4.99 Å². The monoisotopic (exact) mass is 458 g/mol. The molecule has 0 aliphatic carbocycles. The lowest BCUT2D eigenvalue weighted by Crippen LogP contribution is -2.40. The van der Waals surface area contributed by atoms with Crippen molar-refractivity contribution in [2.75, 3.05) is 26.7 Å². The lowest BCUT2D eigenvalue weighted by molar-refractivity contribution is -0.142. The molecule has 2 unspecified atom stereocenters. The lowest BCUT2D eigenvalue weighted by Gasteiger charge is -2.33. The summed E-state index contributed by atoms with van der Waals surface area (Å²) in [6, 6.07) is 0. The van der Waals surface area contributed by atoms with Crippen LogP contribution in [0.25, 0.3) is 0 Å². The van der Waals surface area contributed by atoms with E-state index in [2.05, 4.69) is 46.8 Å². The number of rotatable bonds is 14. The summed E-state index contributed by atoms with van der Waals surface area (Å²) in [5.41, 5.74) is 2.13. The van der Waals surface area contributed by atoms with Gasteiger partial charge in [0, 0.05) is 32.8 Å². The second-order valence-corrected chi connectivity index (χ2v) is 9.11. The maximum atomic E-state index is 11.9. The normalized spacial score (nSPS) is 20.9. The number of carboxylic acid groups (broad SMARTS) is 1. The molecule has 0 bridgehead atoms. The summed E-state index contributed by atoms with van der Waals surface area (Å²) in [7, 11) is 1.70. The second kappa shape index (κ2) is 14.7. The number of methoxy groups -OCH3 is 1. The third-order valence-electron chi connectivity index (χ3n) is 6.31. The van der Waals surface area contributed by atoms with Crippen molar-refractivity contribution in [2.24, 2.45) is 16.8 Å². The Labute approximate surface area is 199 Å². The number of nitrogens with zero attached hydrogens (tertiary/aromatic N) is 3. The fourth-order valence-corrected chi connectivity index (χ4v) is 4.04. The molecule has 2 rings (SSSR count). The molecule has 0 spiro atoms. The second-order valence-electron chi connectivity index (χ2n) is 9.11. The van der Waals surface area contributed by atoms with Crippen LogP contribution in [0.1, 0.15) is 58.8 Å². The highest BCUT2D eigenvalue weighted by molar-refractivity contribution is 5.70. The van der Waals surface area contributed by atoms with Crippen LogP contribution in [-0.4, -0.2) is 60.4 Å². The number of ether oxygens (including phenoxy) is 1. The molecule has 7 nitrogen and oxygen atoms in total. The summed E-state index contributed by atoms with van der Waals surface area (Å²) in [4.78, 5) is 16.4. The van der Waals surface area contributed by atoms with Crippen LogP contribution in [0.2, 0.25) is 0 Å². The molecule has 0 aromatic heterocycles. The number of allylic oxidation sites excluding steroid dienone is 6. The summed E-state index contributed by atoms with van der Waals surface area (Å²) in [5, 5.41) is 17.5. The van der Waals surface area contributed by atoms with Gasteiger partial charge in [-0.2, -0.15) is 0 Å². The first-order valence-corrected chi connectivity index (χ1v) is 12.1. The van der Waals surface area contributed by atoms with Gasteiger partial charge in [0.15, 0.2) is 0 Å². The van der Waals surface area contributed by atoms with Gasteiger partial charge >= 0.3 is 5.97 Å². The van der Waals surface area contributed by atoms with Gasteiger partial charge < -0.3 is 9.84 Å². The van der Waals surface area contributed by atoms with Gasteiger partial charge in [0.1, 0.15) is 12.6 Å². The third kappa shape index (κ3) is 9.96. The summed E-state index contributed by atoms with van der Waals surface area (Å²) < 4.78 is 5.54. The van der Waals surface area contributed by atoms with Gasteiger partial charge in [-0.05, 0) is 57.9 Å². The first-order valence-electron chi connectivity index (χ1n) is 12.1. The molecule has 0 aromatic carbocycles. The average Bonchev–Trinajstić information content (AvgIpc) is 2.99. The highest BCUT2D eigenvalue weighted by Crippen LogP contribution is 2.24. The van der Waals surface area contributed by atoms with E-state index in [4.69, 9.17) is 4.74 Å². The Hall–Kier alpha value is -2.38. The Bertz CT molecular complexity index is 744. The Balaban J connectivity index is 1.76. The molecule has 184 valence electrons. The SMILES string of the molecule is C=C/C=C\C=C(/C)CCC(NCCCC(CC1=CN2CC[C@@H](C)CCN2C=N1)C(=O)O)OC. The van der Waals surface area contributed by atoms with Gasteiger partial charge in [0.05, 0.1) is 11.6 Å². The number of carbonyl (C=O) groups is 1. The van der Waals surface area contributed by atoms with Gasteiger partial charge in [0.2, 0.25) is 0 Å². The third-order valence-corrected chi connectivity index (χ3v) is 6.31. The van der Waals surface area contributed by atoms with Crippen molar-refractivity contribution >= 4 is 12.3 Å². The standard InChI is InChI=1S/C26H42N4O3/c1-5-6-7-9-21(2)11-12-25(33-4)27-15-8-10-23(26(31)32)18-24-19-29-16-13-22(3)14-17-30(29)20-28-24/h5-7,9,19-20,22-23,25,27H,1,8,10-18H2,2-4H3,(H,31,32)/b7-6-,21-9+/t22-,23?,25?/m1/s1. The van der Waals surface area contributed by atoms with E-state index in [0.717, 1.165) is 57.4 Å². The molecule has 2 aliphatic heterocycles. The molecular weight excluding hydrogens is 416 g/mol. The molecule has 0 aromatic rings. The van der Waals surface area contributed by atoms with Crippen molar-refractivity contribution in [1.29, 1.82) is 0 Å². The molecule has 0 saturated carbocycles. The largest absolute Gasteiger partial charge is 0.481 e. The molecule has 2 N–H and O–H groups in total. The molecular formula is C26H42N4O3. The van der Waals surface area contributed by atoms with Crippen LogP contribution in [-0.2, 0) is 9.53 Å². The highest BCUT2D eigenvalue weighted by Gasteiger charge is 2.24. The zero-order valence-corrected chi connectivity index (χ0v) is 20.6. The van der Waals surface area contributed by atoms with E-state index < -0.39 is 11.9 Å². The van der Waals surface area contributed by atoms with Crippen molar-refractivity contribution in [3.63, 3.8) is 0 Å². The first-order chi connectivity index (χ1) is 15.9. The zero-order valence-electron chi connectivity index (χ0n) is 20.6. The van der Waals surface area contributed by atoms with Crippen molar-refractivity contribution in [2.45, 2.75) is 65.0 Å². The summed E-state index contributed by atoms with van der Waals surface area (Å²) >= 11 is 0. The summed E-state index contributed by atoms with van der Waals surface area (Å²) in [6.07, 6.45) is 17.5. The number of aliphatic imine (C=N–C) groups is 1. The fraction of sp³-hybridized carbons (Fsp3) is 0.615. The topological polar surface area (TPSA) is 77.4 Å². The van der Waals surface area contributed by atoms with E-state index in [9.17, 15) is 9.90 Å². The van der Waals surface area contributed by atoms with Crippen LogP contribution >= 0.6 is 0 Å². The van der Waals surface area contributed by atoms with Crippen molar-refractivity contribution in [3.05, 3.63) is 48.4 Å². The Kier molecular flexibility index (Phi) is 12.0. The lowest BCUT2D eigenvalue weighted by atomic mass is 9.97. The Morgan fingerprint density at radius 2 is 2.09 bits per heavy atom. The number of carboxylic acids is 1. The molecule has 1 fully saturated rings. The fourth-order valence-electron chi connectivity index (χ4n) is 4.04. The molecule has 3 atom stereocenters. The van der Waals surface area contributed by atoms with Gasteiger partial charge in [-0.1, -0.05) is 43.4 Å². The highest BCUT2D eigenvalue weighted by atomic mass is 16.5. The molecule has 2 aliphatic rings. The van der Waals surface area contributed by atoms with E-state index in [1.54, 1.807) is 13.2 Å². The van der Waals surface area contributed by atoms with E-state index in [-0.39, 0.29) is 6.23 Å². The number of hydrazine groups is 1. The van der Waals surface area contributed by atoms with Crippen LogP contribution in [0.4, 0.5) is 0 Å². The van der Waals surface area contributed by atoms with Gasteiger partial charge in [0.25, 0.3) is 0 Å². The minimum Gasteiger partial charge on any atom is -0.481 e. The number of aliphatic carboxylic acids is 1. The minimum atomic E-state index is -0.755. The molecule has 7 heteroatoms. The molecule has 0 amide bonds. The van der Waals surface area contributed by atoms with Crippen LogP contribution < -0.4 is 5.32 Å². The van der Waals surface area contributed by atoms with Gasteiger partial charge in [-0.3, -0.25) is 20.1 Å². The van der Waals surface area contributed by atoms with E-state index >= 15 is 0 Å². The molecule has 0 radical (unpaired) electrons. The van der Waals surface area contributed by atoms with Crippen LogP contribution in [0.15, 0.2) is 53.3 Å². The molecule has 33 heavy (non-hydrogen) atoms. The van der Waals surface area contributed by atoms with Crippen molar-refractivity contribution < 1.29 is 14.6 Å². The predicted molar refractivity (Wildman–Crippen MR) is 134 cm³/mol. The van der Waals surface area contributed by atoms with E-state index in [1.807, 2.05) is 24.7 Å². The van der Waals surface area contributed by atoms with Crippen LogP contribution in [0.3, 0.4) is 0 Å². The van der Waals surface area contributed by atoms with Crippen molar-refractivity contribution in [1.82, 2.24) is 15.3 Å². The first kappa shape index (κ1) is 26.9. The summed E-state index contributed by atoms with van der Waals surface area (Å²) in [6.45, 7) is 10.7. The van der Waals surface area contributed by atoms with Crippen molar-refractivity contribution in [3.8, 4) is 0 Å². The van der Waals surface area contributed by atoms with Crippen LogP contribution in [0, 0.1) is 11.8 Å². The number of nitrogens with one attached hydrogen (secondary N) is 1. The molecule has 2 heterocycles. The minimum absolute atomic E-state index is 0.0397. The number of hydrogen-bond acceptors (Lipinski definition) is 6. The number of hydrogen-bond donors (Lipinski definition) is 2.